The Kier molecular flexibility index (Phi) is 7.94. The number of ether oxygens (including phenoxy) is 1. The molecule has 0 spiro atoms. The van der Waals surface area contributed by atoms with Crippen LogP contribution in [-0.2, 0) is 43.1 Å². The number of hydrogen-bond donors (Lipinski definition) is 1. The number of fused-ring (bicyclic) bond motifs is 1. The summed E-state index contributed by atoms with van der Waals surface area (Å²) in [5.41, 5.74) is 2.85. The van der Waals surface area contributed by atoms with E-state index in [9.17, 15) is 18.9 Å². The number of nitrogens with zero attached hydrogens (tertiary/aromatic N) is 1. The summed E-state index contributed by atoms with van der Waals surface area (Å²) in [6.07, 6.45) is 1.05. The minimum Gasteiger partial charge on any atom is -0.614 e. The fourth-order valence-electron chi connectivity index (χ4n) is 5.35. The molecule has 2 aliphatic heterocycles. The third kappa shape index (κ3) is 5.61. The van der Waals surface area contributed by atoms with Gasteiger partial charge in [-0.25, -0.2) is 4.79 Å². The molecule has 2 amide bonds. The first kappa shape index (κ1) is 27.6. The van der Waals surface area contributed by atoms with Crippen LogP contribution in [0.3, 0.4) is 0 Å². The maximum atomic E-state index is 14.0. The molecule has 42 heavy (non-hydrogen) atoms. The predicted molar refractivity (Wildman–Crippen MR) is 156 cm³/mol. The number of carbonyl (C=O) groups is 3. The van der Waals surface area contributed by atoms with E-state index in [1.807, 2.05) is 91.0 Å². The second-order valence-corrected chi connectivity index (χ2v) is 11.7. The van der Waals surface area contributed by atoms with Crippen molar-refractivity contribution in [3.63, 3.8) is 0 Å². The lowest BCUT2D eigenvalue weighted by atomic mass is 9.99. The Hall–Kier alpha value is -4.60. The summed E-state index contributed by atoms with van der Waals surface area (Å²) < 4.78 is 25.1. The highest BCUT2D eigenvalue weighted by Crippen LogP contribution is 2.39. The Labute approximate surface area is 246 Å². The molecule has 0 bridgehead atoms. The zero-order chi connectivity index (χ0) is 29.1. The fraction of sp³-hybridized carbons (Fsp3) is 0.182. The van der Waals surface area contributed by atoms with E-state index in [1.54, 1.807) is 12.1 Å². The Balaban J connectivity index is 1.30. The van der Waals surface area contributed by atoms with Crippen molar-refractivity contribution in [1.82, 2.24) is 10.2 Å². The Bertz CT molecular complexity index is 1550. The Morgan fingerprint density at radius 1 is 0.929 bits per heavy atom. The topological polar surface area (TPSA) is 112 Å². The van der Waals surface area contributed by atoms with Crippen molar-refractivity contribution < 1.29 is 28.1 Å². The summed E-state index contributed by atoms with van der Waals surface area (Å²) in [6.45, 7) is 0. The Morgan fingerprint density at radius 3 is 2.14 bits per heavy atom. The van der Waals surface area contributed by atoms with Crippen LogP contribution in [0.1, 0.15) is 28.6 Å². The predicted octanol–water partition coefficient (Wildman–Crippen LogP) is 4.07. The summed E-state index contributed by atoms with van der Waals surface area (Å²) in [5.74, 6) is -0.980. The maximum absolute atomic E-state index is 14.0. The molecule has 0 radical (unpaired) electrons. The summed E-state index contributed by atoms with van der Waals surface area (Å²) in [4.78, 5) is 41.6. The van der Waals surface area contributed by atoms with Crippen LogP contribution in [0.25, 0.3) is 0 Å². The molecule has 8 nitrogen and oxygen atoms in total. The monoisotopic (exact) mass is 580 g/mol. The van der Waals surface area contributed by atoms with E-state index < -0.39 is 40.6 Å². The van der Waals surface area contributed by atoms with Gasteiger partial charge in [0.05, 0.1) is 12.7 Å². The van der Waals surface area contributed by atoms with Crippen molar-refractivity contribution in [2.45, 2.75) is 30.4 Å². The summed E-state index contributed by atoms with van der Waals surface area (Å²) in [5, 5.41) is 1.86. The first-order chi connectivity index (χ1) is 20.5. The van der Waals surface area contributed by atoms with E-state index in [-0.39, 0.29) is 30.2 Å². The smallest absolute Gasteiger partial charge is 0.356 e. The van der Waals surface area contributed by atoms with Gasteiger partial charge in [0.15, 0.2) is 12.1 Å². The zero-order valence-electron chi connectivity index (χ0n) is 22.6. The van der Waals surface area contributed by atoms with Gasteiger partial charge in [-0.2, -0.15) is 0 Å². The molecule has 3 atom stereocenters. The highest BCUT2D eigenvalue weighted by molar-refractivity contribution is 7.92. The number of carbonyl (C=O) groups excluding carboxylic acids is 3. The van der Waals surface area contributed by atoms with E-state index in [4.69, 9.17) is 9.15 Å². The van der Waals surface area contributed by atoms with Crippen LogP contribution >= 0.6 is 0 Å². The molecule has 0 saturated carbocycles. The molecule has 212 valence electrons. The lowest BCUT2D eigenvalue weighted by Gasteiger charge is -2.49. The third-order valence-corrected chi connectivity index (χ3v) is 8.97. The summed E-state index contributed by atoms with van der Waals surface area (Å²) >= 11 is -1.57. The van der Waals surface area contributed by atoms with Crippen LogP contribution in [0, 0.1) is 0 Å². The van der Waals surface area contributed by atoms with Crippen LogP contribution < -0.4 is 5.32 Å². The first-order valence-corrected chi connectivity index (χ1v) is 15.0. The normalized spacial score (nSPS) is 19.7. The van der Waals surface area contributed by atoms with Gasteiger partial charge in [0.1, 0.15) is 17.2 Å². The van der Waals surface area contributed by atoms with Crippen LogP contribution in [0.4, 0.5) is 0 Å². The number of amides is 2. The van der Waals surface area contributed by atoms with Crippen LogP contribution in [0.5, 0.6) is 0 Å². The number of nitrogens with one attached hydrogen (secondary N) is 1. The highest BCUT2D eigenvalue weighted by Gasteiger charge is 2.61. The van der Waals surface area contributed by atoms with Gasteiger partial charge >= 0.3 is 5.97 Å². The molecule has 1 saturated heterocycles. The maximum Gasteiger partial charge on any atom is 0.356 e. The molecule has 1 fully saturated rings. The number of hydrogen-bond acceptors (Lipinski definition) is 6. The van der Waals surface area contributed by atoms with Gasteiger partial charge in [0, 0.05) is 12.0 Å². The number of rotatable bonds is 9. The van der Waals surface area contributed by atoms with Crippen molar-refractivity contribution in [2.24, 2.45) is 0 Å². The highest BCUT2D eigenvalue weighted by atomic mass is 32.2. The minimum absolute atomic E-state index is 0.0337. The van der Waals surface area contributed by atoms with E-state index in [0.717, 1.165) is 16.7 Å². The molecule has 3 heterocycles. The van der Waals surface area contributed by atoms with Crippen molar-refractivity contribution >= 4 is 29.0 Å². The molecule has 3 aromatic carbocycles. The Morgan fingerprint density at radius 2 is 1.55 bits per heavy atom. The molecule has 9 heteroatoms. The van der Waals surface area contributed by atoms with Crippen LogP contribution in [-0.4, -0.2) is 44.4 Å². The van der Waals surface area contributed by atoms with Gasteiger partial charge in [-0.15, -0.1) is 0 Å². The van der Waals surface area contributed by atoms with Crippen molar-refractivity contribution in [1.29, 1.82) is 0 Å². The molecule has 1 N–H and O–H groups in total. The van der Waals surface area contributed by atoms with Gasteiger partial charge in [-0.05, 0) is 40.0 Å². The molecule has 1 unspecified atom stereocenters. The van der Waals surface area contributed by atoms with Gasteiger partial charge in [-0.3, -0.25) is 14.5 Å². The number of β-lactam (4-membered cyclic amide) rings is 1. The largest absolute Gasteiger partial charge is 0.614 e. The molecular weight excluding hydrogens is 552 g/mol. The van der Waals surface area contributed by atoms with E-state index >= 15 is 0 Å². The van der Waals surface area contributed by atoms with Crippen molar-refractivity contribution in [3.05, 3.63) is 143 Å². The van der Waals surface area contributed by atoms with Crippen LogP contribution in [0.2, 0.25) is 0 Å². The minimum atomic E-state index is -1.57. The van der Waals surface area contributed by atoms with Gasteiger partial charge < -0.3 is 19.0 Å². The fourth-order valence-corrected chi connectivity index (χ4v) is 7.04. The SMILES string of the molecule is O=C(Cc1ccccc1)N[C@@H]1C(=O)N2C(C(=O)OC(c3ccccc3)c3ccccc3)=C(Cc3ccco3)C[S+]([O-])[C@@H]12. The molecule has 0 aliphatic carbocycles. The lowest BCUT2D eigenvalue weighted by molar-refractivity contribution is -0.155. The second-order valence-electron chi connectivity index (χ2n) is 10.1. The quantitative estimate of drug-likeness (QED) is 0.182. The number of furan rings is 1. The van der Waals surface area contributed by atoms with Crippen molar-refractivity contribution in [2.75, 3.05) is 5.75 Å². The molecular formula is C33H28N2O6S. The molecule has 2 aliphatic rings. The second kappa shape index (κ2) is 12.1. The average molecular weight is 581 g/mol. The molecule has 6 rings (SSSR count). The third-order valence-electron chi connectivity index (χ3n) is 7.32. The van der Waals surface area contributed by atoms with Crippen molar-refractivity contribution in [3.8, 4) is 0 Å². The van der Waals surface area contributed by atoms with Gasteiger partial charge in [0.2, 0.25) is 11.3 Å². The standard InChI is InChI=1S/C33H28N2O6S/c36-27(19-22-11-4-1-5-12-22)34-28-31(37)35-29(25(21-42(39)32(28)35)20-26-17-10-18-40-26)33(38)41-30(23-13-6-2-7-14-23)24-15-8-3-9-16-24/h1-18,28,30,32H,19-21H2,(H,34,36)/t28-,32+,42?/m1/s1. The van der Waals surface area contributed by atoms with E-state index in [2.05, 4.69) is 5.32 Å². The molecule has 4 aromatic rings. The zero-order valence-corrected chi connectivity index (χ0v) is 23.4. The van der Waals surface area contributed by atoms with Crippen LogP contribution in [0.15, 0.2) is 125 Å². The van der Waals surface area contributed by atoms with Gasteiger partial charge in [-0.1, -0.05) is 91.0 Å². The molecule has 1 aromatic heterocycles. The van der Waals surface area contributed by atoms with E-state index in [1.165, 1.54) is 11.2 Å². The van der Waals surface area contributed by atoms with E-state index in [0.29, 0.717) is 11.3 Å². The number of benzene rings is 3. The van der Waals surface area contributed by atoms with Gasteiger partial charge in [0.25, 0.3) is 5.91 Å². The summed E-state index contributed by atoms with van der Waals surface area (Å²) in [6, 6.07) is 30.3. The number of esters is 1. The average Bonchev–Trinajstić information content (AvgIpc) is 3.53. The summed E-state index contributed by atoms with van der Waals surface area (Å²) in [7, 11) is 0. The lowest BCUT2D eigenvalue weighted by Crippen LogP contribution is -2.75. The first-order valence-electron chi connectivity index (χ1n) is 13.6.